The van der Waals surface area contributed by atoms with Crippen LogP contribution in [0.2, 0.25) is 0 Å². The molecule has 1 saturated carbocycles. The van der Waals surface area contributed by atoms with Crippen LogP contribution in [0.15, 0.2) is 18.2 Å². The minimum atomic E-state index is 0.304. The Hall–Kier alpha value is -0.930. The van der Waals surface area contributed by atoms with Gasteiger partial charge in [0.05, 0.1) is 5.69 Å². The van der Waals surface area contributed by atoms with Gasteiger partial charge in [0.25, 0.3) is 0 Å². The number of aliphatic hydroxyl groups excluding tert-OH is 1. The molecule has 1 aliphatic rings. The van der Waals surface area contributed by atoms with E-state index in [2.05, 4.69) is 16.4 Å². The van der Waals surface area contributed by atoms with Gasteiger partial charge in [-0.15, -0.1) is 0 Å². The molecule has 1 heterocycles. The molecule has 0 bridgehead atoms. The Kier molecular flexibility index (Phi) is 4.51. The van der Waals surface area contributed by atoms with Crippen LogP contribution in [-0.4, -0.2) is 22.7 Å². The molecular weight excluding hydrogens is 212 g/mol. The number of hydrogen-bond acceptors (Lipinski definition) is 3. The van der Waals surface area contributed by atoms with E-state index in [1.165, 1.54) is 19.3 Å². The Morgan fingerprint density at radius 2 is 2.18 bits per heavy atom. The van der Waals surface area contributed by atoms with Crippen molar-refractivity contribution in [2.45, 2.75) is 45.2 Å². The molecule has 0 radical (unpaired) electrons. The Morgan fingerprint density at radius 3 is 2.94 bits per heavy atom. The summed E-state index contributed by atoms with van der Waals surface area (Å²) in [5.41, 5.74) is 2.15. The highest BCUT2D eigenvalue weighted by molar-refractivity contribution is 5.09. The maximum absolute atomic E-state index is 9.35. The molecule has 94 valence electrons. The van der Waals surface area contributed by atoms with Crippen molar-refractivity contribution < 1.29 is 5.11 Å². The van der Waals surface area contributed by atoms with Crippen LogP contribution in [-0.2, 0) is 6.54 Å². The van der Waals surface area contributed by atoms with Crippen LogP contribution in [0, 0.1) is 12.8 Å². The minimum absolute atomic E-state index is 0.304. The fourth-order valence-electron chi connectivity index (χ4n) is 2.63. The zero-order chi connectivity index (χ0) is 12.1. The van der Waals surface area contributed by atoms with Crippen molar-refractivity contribution in [3.05, 3.63) is 29.6 Å². The van der Waals surface area contributed by atoms with E-state index in [0.717, 1.165) is 24.4 Å². The predicted octanol–water partition coefficient (Wildman–Crippen LogP) is 2.03. The van der Waals surface area contributed by atoms with Gasteiger partial charge in [0.2, 0.25) is 0 Å². The van der Waals surface area contributed by atoms with E-state index in [9.17, 15) is 5.11 Å². The Balaban J connectivity index is 1.88. The van der Waals surface area contributed by atoms with E-state index in [0.29, 0.717) is 18.6 Å². The third-order valence-electron chi connectivity index (χ3n) is 3.63. The number of rotatable bonds is 4. The summed E-state index contributed by atoms with van der Waals surface area (Å²) in [6.45, 7) is 3.13. The Labute approximate surface area is 103 Å². The lowest BCUT2D eigenvalue weighted by molar-refractivity contribution is 0.152. The smallest absolute Gasteiger partial charge is 0.0544 e. The first-order chi connectivity index (χ1) is 8.29. The summed E-state index contributed by atoms with van der Waals surface area (Å²) in [5, 5.41) is 12.9. The molecule has 0 amide bonds. The lowest BCUT2D eigenvalue weighted by atomic mass is 9.85. The quantitative estimate of drug-likeness (QED) is 0.838. The average molecular weight is 234 g/mol. The van der Waals surface area contributed by atoms with Gasteiger partial charge in [0.1, 0.15) is 0 Å². The van der Waals surface area contributed by atoms with Gasteiger partial charge < -0.3 is 10.4 Å². The normalized spacial score (nSPS) is 24.8. The summed E-state index contributed by atoms with van der Waals surface area (Å²) in [6, 6.07) is 6.57. The van der Waals surface area contributed by atoms with Crippen LogP contribution in [0.3, 0.4) is 0 Å². The topological polar surface area (TPSA) is 45.1 Å². The van der Waals surface area contributed by atoms with Gasteiger partial charge in [-0.1, -0.05) is 18.9 Å². The standard InChI is InChI=1S/C14H22N2O/c1-11-5-4-7-13(16-11)9-15-14-8-3-2-6-12(14)10-17/h4-5,7,12,14-15,17H,2-3,6,8-10H2,1H3. The number of aromatic nitrogens is 1. The number of pyridine rings is 1. The van der Waals surface area contributed by atoms with E-state index in [4.69, 9.17) is 0 Å². The molecule has 1 aliphatic carbocycles. The van der Waals surface area contributed by atoms with Crippen molar-refractivity contribution in [2.75, 3.05) is 6.61 Å². The van der Waals surface area contributed by atoms with Crippen molar-refractivity contribution in [3.8, 4) is 0 Å². The molecule has 0 saturated heterocycles. The fourth-order valence-corrected chi connectivity index (χ4v) is 2.63. The highest BCUT2D eigenvalue weighted by Gasteiger charge is 2.23. The second-order valence-corrected chi connectivity index (χ2v) is 4.98. The molecule has 1 aromatic rings. The molecule has 2 atom stereocenters. The Bertz CT molecular complexity index is 354. The van der Waals surface area contributed by atoms with Gasteiger partial charge in [0.15, 0.2) is 0 Å². The summed E-state index contributed by atoms with van der Waals surface area (Å²) in [7, 11) is 0. The number of nitrogens with one attached hydrogen (secondary N) is 1. The maximum Gasteiger partial charge on any atom is 0.0544 e. The third kappa shape index (κ3) is 3.51. The molecule has 2 unspecified atom stereocenters. The highest BCUT2D eigenvalue weighted by Crippen LogP contribution is 2.24. The van der Waals surface area contributed by atoms with Crippen LogP contribution in [0.5, 0.6) is 0 Å². The number of hydrogen-bond donors (Lipinski definition) is 2. The molecule has 2 N–H and O–H groups in total. The lowest BCUT2D eigenvalue weighted by Gasteiger charge is -2.31. The van der Waals surface area contributed by atoms with E-state index < -0.39 is 0 Å². The van der Waals surface area contributed by atoms with Gasteiger partial charge in [-0.2, -0.15) is 0 Å². The van der Waals surface area contributed by atoms with Crippen LogP contribution in [0.4, 0.5) is 0 Å². The molecular formula is C14H22N2O. The van der Waals surface area contributed by atoms with Crippen LogP contribution >= 0.6 is 0 Å². The number of nitrogens with zero attached hydrogens (tertiary/aromatic N) is 1. The van der Waals surface area contributed by atoms with Crippen LogP contribution < -0.4 is 5.32 Å². The molecule has 0 aromatic carbocycles. The first-order valence-electron chi connectivity index (χ1n) is 6.56. The molecule has 3 heteroatoms. The minimum Gasteiger partial charge on any atom is -0.396 e. The first-order valence-corrected chi connectivity index (χ1v) is 6.56. The van der Waals surface area contributed by atoms with Crippen molar-refractivity contribution in [1.82, 2.24) is 10.3 Å². The lowest BCUT2D eigenvalue weighted by Crippen LogP contribution is -2.39. The summed E-state index contributed by atoms with van der Waals surface area (Å²) >= 11 is 0. The number of aryl methyl sites for hydroxylation is 1. The van der Waals surface area contributed by atoms with E-state index in [1.807, 2.05) is 19.1 Å². The molecule has 0 spiro atoms. The summed E-state index contributed by atoms with van der Waals surface area (Å²) in [5.74, 6) is 0.425. The van der Waals surface area contributed by atoms with Gasteiger partial charge in [-0.05, 0) is 37.8 Å². The monoisotopic (exact) mass is 234 g/mol. The maximum atomic E-state index is 9.35. The highest BCUT2D eigenvalue weighted by atomic mass is 16.3. The first kappa shape index (κ1) is 12.5. The predicted molar refractivity (Wildman–Crippen MR) is 68.6 cm³/mol. The fraction of sp³-hybridized carbons (Fsp3) is 0.643. The largest absolute Gasteiger partial charge is 0.396 e. The van der Waals surface area contributed by atoms with Crippen LogP contribution in [0.25, 0.3) is 0 Å². The molecule has 17 heavy (non-hydrogen) atoms. The molecule has 2 rings (SSSR count). The zero-order valence-corrected chi connectivity index (χ0v) is 10.5. The van der Waals surface area contributed by atoms with Gasteiger partial charge in [-0.25, -0.2) is 0 Å². The van der Waals surface area contributed by atoms with E-state index >= 15 is 0 Å². The van der Waals surface area contributed by atoms with Crippen molar-refractivity contribution >= 4 is 0 Å². The second kappa shape index (κ2) is 6.12. The Morgan fingerprint density at radius 1 is 1.35 bits per heavy atom. The third-order valence-corrected chi connectivity index (χ3v) is 3.63. The molecule has 3 nitrogen and oxygen atoms in total. The molecule has 0 aliphatic heterocycles. The summed E-state index contributed by atoms with van der Waals surface area (Å²) < 4.78 is 0. The van der Waals surface area contributed by atoms with Crippen molar-refractivity contribution in [1.29, 1.82) is 0 Å². The molecule has 1 aromatic heterocycles. The average Bonchev–Trinajstić information content (AvgIpc) is 2.37. The second-order valence-electron chi connectivity index (χ2n) is 4.98. The number of aliphatic hydroxyl groups is 1. The van der Waals surface area contributed by atoms with Crippen molar-refractivity contribution in [2.24, 2.45) is 5.92 Å². The zero-order valence-electron chi connectivity index (χ0n) is 10.5. The summed E-state index contributed by atoms with van der Waals surface area (Å²) in [4.78, 5) is 4.48. The van der Waals surface area contributed by atoms with E-state index in [1.54, 1.807) is 0 Å². The molecule has 1 fully saturated rings. The van der Waals surface area contributed by atoms with Gasteiger partial charge in [0, 0.05) is 24.9 Å². The SMILES string of the molecule is Cc1cccc(CNC2CCCCC2CO)n1. The van der Waals surface area contributed by atoms with Gasteiger partial charge in [-0.3, -0.25) is 4.98 Å². The van der Waals surface area contributed by atoms with E-state index in [-0.39, 0.29) is 0 Å². The van der Waals surface area contributed by atoms with Crippen molar-refractivity contribution in [3.63, 3.8) is 0 Å². The summed E-state index contributed by atoms with van der Waals surface area (Å²) in [6.07, 6.45) is 4.86. The van der Waals surface area contributed by atoms with Gasteiger partial charge >= 0.3 is 0 Å². The van der Waals surface area contributed by atoms with Crippen LogP contribution in [0.1, 0.15) is 37.1 Å².